The van der Waals surface area contributed by atoms with Gasteiger partial charge in [-0.15, -0.1) is 0 Å². The summed E-state index contributed by atoms with van der Waals surface area (Å²) in [6.07, 6.45) is 14.4. The molecule has 0 fully saturated rings. The summed E-state index contributed by atoms with van der Waals surface area (Å²) in [4.78, 5) is 10.3. The molecule has 0 aromatic carbocycles. The third-order valence-electron chi connectivity index (χ3n) is 2.99. The van der Waals surface area contributed by atoms with Crippen molar-refractivity contribution in [2.24, 2.45) is 0 Å². The molecular weight excluding hydrogens is 232 g/mol. The van der Waals surface area contributed by atoms with Gasteiger partial charge in [-0.1, -0.05) is 71.1 Å². The van der Waals surface area contributed by atoms with E-state index in [0.29, 0.717) is 6.42 Å². The number of carboxylic acids is 1. The molecule has 0 spiro atoms. The number of unbranched alkanes of at least 4 members (excludes halogenated alkanes) is 10. The molecule has 0 aliphatic rings. The van der Waals surface area contributed by atoms with E-state index in [0.717, 1.165) is 12.8 Å². The van der Waals surface area contributed by atoms with E-state index in [9.17, 15) is 4.79 Å². The first kappa shape index (κ1) is 19.7. The van der Waals surface area contributed by atoms with E-state index in [4.69, 9.17) is 15.6 Å². The molecule has 0 bridgehead atoms. The highest BCUT2D eigenvalue weighted by Gasteiger charge is 1.96. The van der Waals surface area contributed by atoms with Crippen molar-refractivity contribution in [3.8, 4) is 0 Å². The van der Waals surface area contributed by atoms with Gasteiger partial charge in [0.25, 0.3) is 0 Å². The number of hydrogen-bond acceptors (Lipinski definition) is 3. The molecule has 0 atom stereocenters. The second-order valence-electron chi connectivity index (χ2n) is 4.68. The van der Waals surface area contributed by atoms with Crippen molar-refractivity contribution in [2.75, 3.05) is 0 Å². The van der Waals surface area contributed by atoms with Gasteiger partial charge in [0.15, 0.2) is 0 Å². The van der Waals surface area contributed by atoms with E-state index in [1.165, 1.54) is 57.8 Å². The SMILES string of the molecule is CCCCCCCCCCCCCC(=O)O.OO. The van der Waals surface area contributed by atoms with E-state index in [2.05, 4.69) is 6.92 Å². The van der Waals surface area contributed by atoms with Crippen LogP contribution < -0.4 is 0 Å². The Hall–Kier alpha value is -0.610. The van der Waals surface area contributed by atoms with Crippen molar-refractivity contribution in [1.82, 2.24) is 0 Å². The molecule has 0 saturated heterocycles. The lowest BCUT2D eigenvalue weighted by atomic mass is 10.1. The fourth-order valence-electron chi connectivity index (χ4n) is 1.94. The molecule has 0 amide bonds. The molecule has 18 heavy (non-hydrogen) atoms. The maximum atomic E-state index is 10.3. The maximum absolute atomic E-state index is 10.3. The predicted molar refractivity (Wildman–Crippen MR) is 74.0 cm³/mol. The van der Waals surface area contributed by atoms with Crippen LogP contribution in [0.3, 0.4) is 0 Å². The molecule has 0 saturated carbocycles. The Labute approximate surface area is 111 Å². The maximum Gasteiger partial charge on any atom is 0.303 e. The zero-order valence-corrected chi connectivity index (χ0v) is 11.7. The van der Waals surface area contributed by atoms with Gasteiger partial charge in [-0.2, -0.15) is 0 Å². The molecule has 4 nitrogen and oxygen atoms in total. The normalized spacial score (nSPS) is 9.72. The molecule has 0 unspecified atom stereocenters. The summed E-state index contributed by atoms with van der Waals surface area (Å²) in [5.41, 5.74) is 0. The molecule has 0 radical (unpaired) electrons. The minimum atomic E-state index is -0.657. The van der Waals surface area contributed by atoms with Gasteiger partial charge in [0.05, 0.1) is 0 Å². The van der Waals surface area contributed by atoms with Crippen LogP contribution in [0.2, 0.25) is 0 Å². The largest absolute Gasteiger partial charge is 0.481 e. The van der Waals surface area contributed by atoms with Gasteiger partial charge in [0.1, 0.15) is 0 Å². The number of carboxylic acid groups (broad SMARTS) is 1. The highest BCUT2D eigenvalue weighted by atomic mass is 17.0. The Morgan fingerprint density at radius 2 is 1.06 bits per heavy atom. The van der Waals surface area contributed by atoms with E-state index in [1.807, 2.05) is 0 Å². The quantitative estimate of drug-likeness (QED) is 0.268. The minimum Gasteiger partial charge on any atom is -0.481 e. The summed E-state index contributed by atoms with van der Waals surface area (Å²) in [6, 6.07) is 0. The minimum absolute atomic E-state index is 0.344. The van der Waals surface area contributed by atoms with Crippen LogP contribution in [0.25, 0.3) is 0 Å². The molecule has 0 aromatic heterocycles. The van der Waals surface area contributed by atoms with Crippen LogP contribution in [0.1, 0.15) is 84.0 Å². The fraction of sp³-hybridized carbons (Fsp3) is 0.929. The van der Waals surface area contributed by atoms with Crippen molar-refractivity contribution in [3.05, 3.63) is 0 Å². The van der Waals surface area contributed by atoms with Gasteiger partial charge >= 0.3 is 5.97 Å². The lowest BCUT2D eigenvalue weighted by Gasteiger charge is -2.01. The van der Waals surface area contributed by atoms with Gasteiger partial charge in [-0.25, -0.2) is 0 Å². The van der Waals surface area contributed by atoms with Gasteiger partial charge in [0, 0.05) is 6.42 Å². The average Bonchev–Trinajstić information content (AvgIpc) is 2.38. The number of hydrogen-bond donors (Lipinski definition) is 3. The summed E-state index contributed by atoms with van der Waals surface area (Å²) in [7, 11) is 0. The third-order valence-corrected chi connectivity index (χ3v) is 2.99. The van der Waals surface area contributed by atoms with Crippen LogP contribution in [0, 0.1) is 0 Å². The van der Waals surface area contributed by atoms with Crippen LogP contribution in [0.5, 0.6) is 0 Å². The highest BCUT2D eigenvalue weighted by Crippen LogP contribution is 2.11. The summed E-state index contributed by atoms with van der Waals surface area (Å²) < 4.78 is 0. The van der Waals surface area contributed by atoms with Crippen LogP contribution in [0.4, 0.5) is 0 Å². The molecular formula is C14H30O4. The Bertz CT molecular complexity index is 160. The van der Waals surface area contributed by atoms with Crippen molar-refractivity contribution in [1.29, 1.82) is 0 Å². The van der Waals surface area contributed by atoms with Crippen molar-refractivity contribution < 1.29 is 20.4 Å². The second-order valence-corrected chi connectivity index (χ2v) is 4.68. The first-order valence-electron chi connectivity index (χ1n) is 7.19. The Balaban J connectivity index is 0. The van der Waals surface area contributed by atoms with Crippen molar-refractivity contribution in [3.63, 3.8) is 0 Å². The average molecular weight is 262 g/mol. The lowest BCUT2D eigenvalue weighted by molar-refractivity contribution is -0.176. The van der Waals surface area contributed by atoms with E-state index < -0.39 is 5.97 Å². The molecule has 110 valence electrons. The lowest BCUT2D eigenvalue weighted by Crippen LogP contribution is -1.93. The fourth-order valence-corrected chi connectivity index (χ4v) is 1.94. The zero-order valence-electron chi connectivity index (χ0n) is 11.7. The van der Waals surface area contributed by atoms with E-state index >= 15 is 0 Å². The Kier molecular flexibility index (Phi) is 20.5. The van der Waals surface area contributed by atoms with Gasteiger partial charge < -0.3 is 5.11 Å². The molecule has 0 heterocycles. The van der Waals surface area contributed by atoms with Gasteiger partial charge in [0.2, 0.25) is 0 Å². The summed E-state index contributed by atoms with van der Waals surface area (Å²) in [6.45, 7) is 2.25. The van der Waals surface area contributed by atoms with Crippen molar-refractivity contribution >= 4 is 5.97 Å². The summed E-state index contributed by atoms with van der Waals surface area (Å²) in [5.74, 6) is -0.657. The number of carbonyl (C=O) groups is 1. The summed E-state index contributed by atoms with van der Waals surface area (Å²) in [5, 5.41) is 20.5. The standard InChI is InChI=1S/C14H28O2.H2O2/c1-2-3-4-5-6-7-8-9-10-11-12-13-14(15)16;1-2/h2-13H2,1H3,(H,15,16);1-2H. The Morgan fingerprint density at radius 1 is 0.722 bits per heavy atom. The van der Waals surface area contributed by atoms with Crippen molar-refractivity contribution in [2.45, 2.75) is 84.0 Å². The first-order chi connectivity index (χ1) is 8.77. The number of aliphatic carboxylic acids is 1. The topological polar surface area (TPSA) is 77.8 Å². The second kappa shape index (κ2) is 18.7. The Morgan fingerprint density at radius 3 is 1.39 bits per heavy atom. The molecule has 0 rings (SSSR count). The first-order valence-corrected chi connectivity index (χ1v) is 7.19. The smallest absolute Gasteiger partial charge is 0.303 e. The zero-order chi connectivity index (χ0) is 14.1. The third kappa shape index (κ3) is 20.8. The monoisotopic (exact) mass is 262 g/mol. The van der Waals surface area contributed by atoms with E-state index in [1.54, 1.807) is 0 Å². The molecule has 4 heteroatoms. The van der Waals surface area contributed by atoms with Crippen LogP contribution in [0.15, 0.2) is 0 Å². The van der Waals surface area contributed by atoms with Crippen LogP contribution >= 0.6 is 0 Å². The predicted octanol–water partition coefficient (Wildman–Crippen LogP) is 4.79. The van der Waals surface area contributed by atoms with Gasteiger partial charge in [-0.3, -0.25) is 15.3 Å². The molecule has 3 N–H and O–H groups in total. The highest BCUT2D eigenvalue weighted by molar-refractivity contribution is 5.66. The van der Waals surface area contributed by atoms with E-state index in [-0.39, 0.29) is 0 Å². The number of rotatable bonds is 12. The summed E-state index contributed by atoms with van der Waals surface area (Å²) >= 11 is 0. The van der Waals surface area contributed by atoms with Crippen LogP contribution in [-0.2, 0) is 4.79 Å². The molecule has 0 aliphatic heterocycles. The molecule has 0 aromatic rings. The molecule has 0 aliphatic carbocycles. The van der Waals surface area contributed by atoms with Gasteiger partial charge in [-0.05, 0) is 6.42 Å². The van der Waals surface area contributed by atoms with Crippen LogP contribution in [-0.4, -0.2) is 21.6 Å².